The Bertz CT molecular complexity index is 1140. The quantitative estimate of drug-likeness (QED) is 0.207. The van der Waals surface area contributed by atoms with Crippen LogP contribution in [0, 0.1) is 13.8 Å². The smallest absolute Gasteiger partial charge is 0.119 e. The summed E-state index contributed by atoms with van der Waals surface area (Å²) < 4.78 is 11.4. The summed E-state index contributed by atoms with van der Waals surface area (Å²) in [5.41, 5.74) is 2.36. The van der Waals surface area contributed by atoms with Crippen molar-refractivity contribution < 1.29 is 19.7 Å². The molecule has 2 atom stereocenters. The van der Waals surface area contributed by atoms with Gasteiger partial charge in [-0.1, -0.05) is 59.7 Å². The lowest BCUT2D eigenvalue weighted by molar-refractivity contribution is 0.126. The van der Waals surface area contributed by atoms with Gasteiger partial charge in [0.1, 0.15) is 24.7 Å². The molecule has 0 saturated heterocycles. The molecule has 0 aliphatic rings. The molecule has 4 rings (SSSR count). The third kappa shape index (κ3) is 7.68. The van der Waals surface area contributed by atoms with Gasteiger partial charge in [0.25, 0.3) is 0 Å². The van der Waals surface area contributed by atoms with Gasteiger partial charge >= 0.3 is 0 Å². The van der Waals surface area contributed by atoms with Gasteiger partial charge in [0.15, 0.2) is 0 Å². The molecule has 0 spiro atoms. The highest BCUT2D eigenvalue weighted by molar-refractivity contribution is 8.00. The zero-order valence-electron chi connectivity index (χ0n) is 20.6. The number of aryl methyl sites for hydroxylation is 2. The first-order valence-electron chi connectivity index (χ1n) is 12.0. The zero-order chi connectivity index (χ0) is 25.3. The predicted molar refractivity (Wildman–Crippen MR) is 151 cm³/mol. The van der Waals surface area contributed by atoms with E-state index in [2.05, 4.69) is 24.3 Å². The third-order valence-corrected chi connectivity index (χ3v) is 8.07. The highest BCUT2D eigenvalue weighted by Gasteiger charge is 2.12. The van der Waals surface area contributed by atoms with Crippen LogP contribution in [0.5, 0.6) is 11.5 Å². The molecule has 6 heteroatoms. The number of benzene rings is 4. The summed E-state index contributed by atoms with van der Waals surface area (Å²) in [5.74, 6) is 2.61. The van der Waals surface area contributed by atoms with E-state index in [-0.39, 0.29) is 13.2 Å². The van der Waals surface area contributed by atoms with E-state index in [0.29, 0.717) is 11.5 Å². The maximum absolute atomic E-state index is 10.5. The van der Waals surface area contributed by atoms with Gasteiger partial charge in [-0.15, -0.1) is 23.5 Å². The van der Waals surface area contributed by atoms with Crippen molar-refractivity contribution in [3.05, 3.63) is 96.1 Å². The average molecular weight is 521 g/mol. The van der Waals surface area contributed by atoms with Crippen LogP contribution in [0.15, 0.2) is 94.7 Å². The van der Waals surface area contributed by atoms with Crippen LogP contribution in [-0.4, -0.2) is 47.1 Å². The zero-order valence-corrected chi connectivity index (χ0v) is 22.2. The van der Waals surface area contributed by atoms with Gasteiger partial charge in [-0.2, -0.15) is 0 Å². The predicted octanol–water partition coefficient (Wildman–Crippen LogP) is 6.52. The highest BCUT2D eigenvalue weighted by atomic mass is 32.2. The minimum absolute atomic E-state index is 0.254. The van der Waals surface area contributed by atoms with Gasteiger partial charge in [0.2, 0.25) is 0 Å². The number of rotatable bonds is 12. The molecular weight excluding hydrogens is 488 g/mol. The molecule has 0 radical (unpaired) electrons. The van der Waals surface area contributed by atoms with E-state index in [9.17, 15) is 10.2 Å². The highest BCUT2D eigenvalue weighted by Crippen LogP contribution is 2.34. The number of ether oxygens (including phenoxy) is 2. The molecule has 0 aliphatic heterocycles. The Balaban J connectivity index is 1.31. The molecule has 2 unspecified atom stereocenters. The van der Waals surface area contributed by atoms with E-state index in [0.717, 1.165) is 32.1 Å². The minimum atomic E-state index is -0.576. The Hall–Kier alpha value is -2.64. The summed E-state index contributed by atoms with van der Waals surface area (Å²) in [6.45, 7) is 4.58. The molecule has 0 fully saturated rings. The van der Waals surface area contributed by atoms with Gasteiger partial charge in [0, 0.05) is 21.3 Å². The second-order valence-corrected chi connectivity index (χ2v) is 10.9. The van der Waals surface area contributed by atoms with E-state index in [1.165, 1.54) is 11.1 Å². The van der Waals surface area contributed by atoms with Crippen molar-refractivity contribution in [1.82, 2.24) is 0 Å². The molecule has 36 heavy (non-hydrogen) atoms. The van der Waals surface area contributed by atoms with E-state index in [4.69, 9.17) is 9.47 Å². The normalized spacial score (nSPS) is 12.9. The van der Waals surface area contributed by atoms with Crippen LogP contribution >= 0.6 is 23.5 Å². The SMILES string of the molecule is Cc1ccc(OCC(O)CSc2cccc3c(SCC(O)COc4ccc(C)cc4)cccc23)cc1. The van der Waals surface area contributed by atoms with Crippen LogP contribution in [0.3, 0.4) is 0 Å². The molecule has 0 amide bonds. The monoisotopic (exact) mass is 520 g/mol. The third-order valence-electron chi connectivity index (χ3n) is 5.63. The fraction of sp³-hybridized carbons (Fsp3) is 0.267. The molecule has 4 aromatic carbocycles. The van der Waals surface area contributed by atoms with Crippen LogP contribution in [0.25, 0.3) is 10.8 Å². The molecule has 0 saturated carbocycles. The number of thioether (sulfide) groups is 2. The first-order chi connectivity index (χ1) is 17.5. The number of hydrogen-bond acceptors (Lipinski definition) is 6. The molecule has 0 bridgehead atoms. The molecule has 0 heterocycles. The number of aliphatic hydroxyl groups is 2. The first kappa shape index (κ1) is 26.4. The molecule has 4 nitrogen and oxygen atoms in total. The van der Waals surface area contributed by atoms with E-state index in [1.807, 2.05) is 74.5 Å². The maximum Gasteiger partial charge on any atom is 0.119 e. The number of hydrogen-bond donors (Lipinski definition) is 2. The van der Waals surface area contributed by atoms with Gasteiger partial charge in [0.05, 0.1) is 12.2 Å². The van der Waals surface area contributed by atoms with Gasteiger partial charge in [-0.3, -0.25) is 0 Å². The molecule has 2 N–H and O–H groups in total. The second-order valence-electron chi connectivity index (χ2n) is 8.79. The minimum Gasteiger partial charge on any atom is -0.491 e. The van der Waals surface area contributed by atoms with E-state index in [1.54, 1.807) is 23.5 Å². The van der Waals surface area contributed by atoms with Crippen molar-refractivity contribution >= 4 is 34.3 Å². The standard InChI is InChI=1S/C30H32O4S2/c1-21-9-13-25(14-10-21)33-17-23(31)19-35-29-7-3-6-28-27(29)5-4-8-30(28)36-20-24(32)18-34-26-15-11-22(2)12-16-26/h3-16,23-24,31-32H,17-20H2,1-2H3. The molecule has 4 aromatic rings. The Kier molecular flexibility index (Phi) is 9.59. The topological polar surface area (TPSA) is 58.9 Å². The maximum atomic E-state index is 10.5. The first-order valence-corrected chi connectivity index (χ1v) is 14.0. The van der Waals surface area contributed by atoms with Crippen molar-refractivity contribution in [2.45, 2.75) is 35.8 Å². The molecule has 0 aliphatic carbocycles. The van der Waals surface area contributed by atoms with E-state index >= 15 is 0 Å². The Morgan fingerprint density at radius 1 is 0.583 bits per heavy atom. The summed E-state index contributed by atoms with van der Waals surface area (Å²) >= 11 is 3.25. The molecular formula is C30H32O4S2. The van der Waals surface area contributed by atoms with Gasteiger partial charge in [-0.25, -0.2) is 0 Å². The molecule has 0 aromatic heterocycles. The van der Waals surface area contributed by atoms with Crippen molar-refractivity contribution in [3.63, 3.8) is 0 Å². The lowest BCUT2D eigenvalue weighted by Gasteiger charge is -2.15. The lowest BCUT2D eigenvalue weighted by atomic mass is 10.1. The van der Waals surface area contributed by atoms with Gasteiger partial charge in [-0.05, 0) is 61.0 Å². The van der Waals surface area contributed by atoms with Crippen LogP contribution in [0.4, 0.5) is 0 Å². The van der Waals surface area contributed by atoms with Crippen LogP contribution in [0.2, 0.25) is 0 Å². The largest absolute Gasteiger partial charge is 0.491 e. The summed E-state index contributed by atoms with van der Waals surface area (Å²) in [6.07, 6.45) is -1.15. The summed E-state index contributed by atoms with van der Waals surface area (Å²) in [4.78, 5) is 2.24. The van der Waals surface area contributed by atoms with Crippen molar-refractivity contribution in [1.29, 1.82) is 0 Å². The van der Waals surface area contributed by atoms with Crippen molar-refractivity contribution in [2.75, 3.05) is 24.7 Å². The summed E-state index contributed by atoms with van der Waals surface area (Å²) in [5, 5.41) is 23.2. The Morgan fingerprint density at radius 2 is 0.972 bits per heavy atom. The molecule has 188 valence electrons. The average Bonchev–Trinajstić information content (AvgIpc) is 2.90. The van der Waals surface area contributed by atoms with Gasteiger partial charge < -0.3 is 19.7 Å². The van der Waals surface area contributed by atoms with Crippen LogP contribution in [0.1, 0.15) is 11.1 Å². The van der Waals surface area contributed by atoms with E-state index < -0.39 is 12.2 Å². The summed E-state index contributed by atoms with van der Waals surface area (Å²) in [7, 11) is 0. The Labute approximate surface area is 221 Å². The lowest BCUT2D eigenvalue weighted by Crippen LogP contribution is -2.20. The second kappa shape index (κ2) is 13.1. The fourth-order valence-corrected chi connectivity index (χ4v) is 5.58. The number of aliphatic hydroxyl groups excluding tert-OH is 2. The van der Waals surface area contributed by atoms with Crippen molar-refractivity contribution in [3.8, 4) is 11.5 Å². The van der Waals surface area contributed by atoms with Crippen LogP contribution in [-0.2, 0) is 0 Å². The fourth-order valence-electron chi connectivity index (χ4n) is 3.63. The summed E-state index contributed by atoms with van der Waals surface area (Å²) in [6, 6.07) is 28.1. The Morgan fingerprint density at radius 3 is 1.36 bits per heavy atom. The number of fused-ring (bicyclic) bond motifs is 1. The van der Waals surface area contributed by atoms with Crippen LogP contribution < -0.4 is 9.47 Å². The van der Waals surface area contributed by atoms with Crippen molar-refractivity contribution in [2.24, 2.45) is 0 Å².